The molecular weight excluding hydrogens is 316 g/mol. The Bertz CT molecular complexity index is 732. The predicted octanol–water partition coefficient (Wildman–Crippen LogP) is 3.59. The Balaban J connectivity index is 1.84. The van der Waals surface area contributed by atoms with Gasteiger partial charge in [0.2, 0.25) is 0 Å². The number of benzene rings is 1. The lowest BCUT2D eigenvalue weighted by Gasteiger charge is -2.34. The van der Waals surface area contributed by atoms with Gasteiger partial charge in [0.1, 0.15) is 5.54 Å². The zero-order chi connectivity index (χ0) is 18.4. The monoisotopic (exact) mass is 342 g/mol. The van der Waals surface area contributed by atoms with Crippen LogP contribution in [0.15, 0.2) is 18.2 Å². The maximum Gasteiger partial charge on any atom is 0.325 e. The molecule has 1 aliphatic carbocycles. The molecule has 1 N–H and O–H groups in total. The Morgan fingerprint density at radius 2 is 1.84 bits per heavy atom. The molecule has 0 atom stereocenters. The number of carbonyl (C=O) groups is 3. The Hall–Kier alpha value is -2.17. The van der Waals surface area contributed by atoms with Crippen molar-refractivity contribution in [2.24, 2.45) is 0 Å². The number of hydrogen-bond acceptors (Lipinski definition) is 3. The van der Waals surface area contributed by atoms with Crippen LogP contribution in [-0.4, -0.2) is 34.7 Å². The van der Waals surface area contributed by atoms with Gasteiger partial charge in [-0.3, -0.25) is 14.5 Å². The summed E-state index contributed by atoms with van der Waals surface area (Å²) >= 11 is 0. The molecule has 3 rings (SSSR count). The van der Waals surface area contributed by atoms with Crippen LogP contribution in [0.5, 0.6) is 0 Å². The number of nitrogens with one attached hydrogen (secondary N) is 1. The van der Waals surface area contributed by atoms with Gasteiger partial charge in [-0.25, -0.2) is 4.79 Å². The Morgan fingerprint density at radius 1 is 1.16 bits per heavy atom. The second-order valence-electron chi connectivity index (χ2n) is 7.84. The summed E-state index contributed by atoms with van der Waals surface area (Å²) < 4.78 is 0. The molecule has 134 valence electrons. The highest BCUT2D eigenvalue weighted by Crippen LogP contribution is 2.37. The van der Waals surface area contributed by atoms with Crippen molar-refractivity contribution in [1.29, 1.82) is 0 Å². The van der Waals surface area contributed by atoms with Crippen LogP contribution in [0, 0.1) is 0 Å². The van der Waals surface area contributed by atoms with Crippen molar-refractivity contribution in [3.63, 3.8) is 0 Å². The van der Waals surface area contributed by atoms with Gasteiger partial charge in [0.25, 0.3) is 5.91 Å². The molecule has 1 saturated carbocycles. The minimum absolute atomic E-state index is 0.182. The number of hydrogen-bond donors (Lipinski definition) is 1. The number of carbonyl (C=O) groups excluding carboxylic acids is 3. The lowest BCUT2D eigenvalue weighted by molar-refractivity contribution is -0.133. The third kappa shape index (κ3) is 2.96. The van der Waals surface area contributed by atoms with E-state index < -0.39 is 11.6 Å². The summed E-state index contributed by atoms with van der Waals surface area (Å²) in [4.78, 5) is 38.6. The molecule has 1 aliphatic heterocycles. The van der Waals surface area contributed by atoms with Crippen molar-refractivity contribution in [3.8, 4) is 0 Å². The lowest BCUT2D eigenvalue weighted by Crippen LogP contribution is -2.52. The van der Waals surface area contributed by atoms with E-state index >= 15 is 0 Å². The zero-order valence-corrected chi connectivity index (χ0v) is 15.4. The third-order valence-corrected chi connectivity index (χ3v) is 5.42. The number of imide groups is 1. The van der Waals surface area contributed by atoms with Gasteiger partial charge >= 0.3 is 6.03 Å². The molecule has 0 unspecified atom stereocenters. The molecule has 1 spiro atoms. The number of Topliss-reactive ketones (excluding diaryl/α,β-unsaturated/α-hetero) is 1. The number of ketones is 1. The maximum absolute atomic E-state index is 12.8. The van der Waals surface area contributed by atoms with Crippen molar-refractivity contribution in [2.45, 2.75) is 64.3 Å². The number of amides is 3. The Kier molecular flexibility index (Phi) is 4.43. The summed E-state index contributed by atoms with van der Waals surface area (Å²) in [7, 11) is 0. The summed E-state index contributed by atoms with van der Waals surface area (Å²) in [6, 6.07) is 5.43. The summed E-state index contributed by atoms with van der Waals surface area (Å²) in [5, 5.41) is 2.77. The standard InChI is InChI=1S/C20H26N2O3/c1-12(2)14-6-7-15(16(10-14)13(3)4)17(23)11-22-18(24)20(8-5-9-20)21-19(22)25/h6-7,10,12-13H,5,8-9,11H2,1-4H3,(H,21,25). The highest BCUT2D eigenvalue weighted by molar-refractivity contribution is 6.11. The number of nitrogens with zero attached hydrogens (tertiary/aromatic N) is 1. The number of urea groups is 1. The summed E-state index contributed by atoms with van der Waals surface area (Å²) in [5.74, 6) is 0.144. The molecule has 5 heteroatoms. The molecule has 3 amide bonds. The smallest absolute Gasteiger partial charge is 0.323 e. The van der Waals surface area contributed by atoms with E-state index in [-0.39, 0.29) is 24.2 Å². The van der Waals surface area contributed by atoms with E-state index in [0.29, 0.717) is 24.3 Å². The van der Waals surface area contributed by atoms with Crippen LogP contribution in [0.3, 0.4) is 0 Å². The van der Waals surface area contributed by atoms with Crippen molar-refractivity contribution < 1.29 is 14.4 Å². The van der Waals surface area contributed by atoms with E-state index in [1.807, 2.05) is 26.0 Å². The van der Waals surface area contributed by atoms with Crippen LogP contribution in [-0.2, 0) is 4.79 Å². The first kappa shape index (κ1) is 17.6. The molecule has 0 aromatic heterocycles. The zero-order valence-electron chi connectivity index (χ0n) is 15.4. The van der Waals surface area contributed by atoms with E-state index in [0.717, 1.165) is 16.9 Å². The van der Waals surface area contributed by atoms with Crippen molar-refractivity contribution in [2.75, 3.05) is 6.54 Å². The van der Waals surface area contributed by atoms with Gasteiger partial charge in [-0.15, -0.1) is 0 Å². The van der Waals surface area contributed by atoms with Gasteiger partial charge in [0.15, 0.2) is 5.78 Å². The molecule has 0 bridgehead atoms. The highest BCUT2D eigenvalue weighted by atomic mass is 16.2. The topological polar surface area (TPSA) is 66.5 Å². The molecular formula is C20H26N2O3. The molecule has 1 heterocycles. The molecule has 0 radical (unpaired) electrons. The summed E-state index contributed by atoms with van der Waals surface area (Å²) in [6.07, 6.45) is 2.27. The molecule has 2 aliphatic rings. The maximum atomic E-state index is 12.8. The quantitative estimate of drug-likeness (QED) is 0.657. The van der Waals surface area contributed by atoms with Crippen LogP contribution in [0.1, 0.15) is 80.3 Å². The fourth-order valence-corrected chi connectivity index (χ4v) is 3.59. The SMILES string of the molecule is CC(C)c1ccc(C(=O)CN2C(=O)NC3(CCC3)C2=O)c(C(C)C)c1. The van der Waals surface area contributed by atoms with Gasteiger partial charge in [-0.05, 0) is 42.2 Å². The average Bonchev–Trinajstić information content (AvgIpc) is 2.78. The highest BCUT2D eigenvalue weighted by Gasteiger charge is 2.54. The number of rotatable bonds is 5. The molecule has 25 heavy (non-hydrogen) atoms. The van der Waals surface area contributed by atoms with Gasteiger partial charge in [0.05, 0.1) is 6.54 Å². The first-order valence-corrected chi connectivity index (χ1v) is 9.06. The first-order valence-electron chi connectivity index (χ1n) is 9.06. The van der Waals surface area contributed by atoms with Crippen molar-refractivity contribution in [1.82, 2.24) is 10.2 Å². The van der Waals surface area contributed by atoms with E-state index in [2.05, 4.69) is 25.2 Å². The molecule has 1 saturated heterocycles. The van der Waals surface area contributed by atoms with Crippen LogP contribution in [0.4, 0.5) is 4.79 Å². The van der Waals surface area contributed by atoms with Crippen molar-refractivity contribution in [3.05, 3.63) is 34.9 Å². The van der Waals surface area contributed by atoms with Crippen LogP contribution in [0.25, 0.3) is 0 Å². The van der Waals surface area contributed by atoms with Gasteiger partial charge in [-0.1, -0.05) is 45.9 Å². The van der Waals surface area contributed by atoms with Gasteiger partial charge in [0, 0.05) is 5.56 Å². The second kappa shape index (κ2) is 6.28. The summed E-state index contributed by atoms with van der Waals surface area (Å²) in [6.45, 7) is 8.15. The fourth-order valence-electron chi connectivity index (χ4n) is 3.59. The van der Waals surface area contributed by atoms with E-state index in [1.54, 1.807) is 0 Å². The molecule has 2 fully saturated rings. The average molecular weight is 342 g/mol. The van der Waals surface area contributed by atoms with Crippen LogP contribution in [0.2, 0.25) is 0 Å². The predicted molar refractivity (Wildman–Crippen MR) is 95.8 cm³/mol. The summed E-state index contributed by atoms with van der Waals surface area (Å²) in [5.41, 5.74) is 2.03. The van der Waals surface area contributed by atoms with Crippen LogP contribution >= 0.6 is 0 Å². The van der Waals surface area contributed by atoms with E-state index in [4.69, 9.17) is 0 Å². The van der Waals surface area contributed by atoms with E-state index in [1.165, 1.54) is 5.56 Å². The third-order valence-electron chi connectivity index (χ3n) is 5.42. The Labute approximate surface area is 148 Å². The molecule has 1 aromatic rings. The Morgan fingerprint density at radius 3 is 2.32 bits per heavy atom. The van der Waals surface area contributed by atoms with E-state index in [9.17, 15) is 14.4 Å². The lowest BCUT2D eigenvalue weighted by atomic mass is 9.77. The minimum Gasteiger partial charge on any atom is -0.323 e. The second-order valence-corrected chi connectivity index (χ2v) is 7.84. The van der Waals surface area contributed by atoms with Crippen molar-refractivity contribution >= 4 is 17.7 Å². The van der Waals surface area contributed by atoms with Gasteiger partial charge in [-0.2, -0.15) is 0 Å². The molecule has 1 aromatic carbocycles. The fraction of sp³-hybridized carbons (Fsp3) is 0.550. The minimum atomic E-state index is -0.736. The first-order chi connectivity index (χ1) is 11.7. The largest absolute Gasteiger partial charge is 0.325 e. The normalized spacial score (nSPS) is 18.9. The molecule has 5 nitrogen and oxygen atoms in total. The van der Waals surface area contributed by atoms with Gasteiger partial charge < -0.3 is 5.32 Å². The van der Waals surface area contributed by atoms with Crippen LogP contribution < -0.4 is 5.32 Å².